The Kier molecular flexibility index (Phi) is 6.52. The molecule has 0 fully saturated rings. The monoisotopic (exact) mass is 408 g/mol. The summed E-state index contributed by atoms with van der Waals surface area (Å²) in [5.41, 5.74) is 9.10. The number of carbonyl (C=O) groups excluding carboxylic acids is 3. The molecule has 158 valence electrons. The number of nitrogens with one attached hydrogen (secondary N) is 2. The van der Waals surface area contributed by atoms with E-state index in [2.05, 4.69) is 10.6 Å². The zero-order chi connectivity index (χ0) is 21.8. The van der Waals surface area contributed by atoms with Gasteiger partial charge in [0.15, 0.2) is 0 Å². The number of hydrogen-bond acceptors (Lipinski definition) is 4. The summed E-state index contributed by atoms with van der Waals surface area (Å²) < 4.78 is 0. The Balaban J connectivity index is 1.79. The summed E-state index contributed by atoms with van der Waals surface area (Å²) in [5.74, 6) is -0.438. The van der Waals surface area contributed by atoms with Crippen molar-refractivity contribution in [3.05, 3.63) is 59.2 Å². The van der Waals surface area contributed by atoms with Crippen LogP contribution < -0.4 is 21.3 Å². The van der Waals surface area contributed by atoms with Crippen molar-refractivity contribution in [3.8, 4) is 0 Å². The third kappa shape index (κ3) is 4.68. The van der Waals surface area contributed by atoms with Gasteiger partial charge in [-0.15, -0.1) is 0 Å². The molecular formula is C23H28N4O3. The molecule has 3 rings (SSSR count). The Hall–Kier alpha value is -3.19. The van der Waals surface area contributed by atoms with Gasteiger partial charge in [-0.1, -0.05) is 38.1 Å². The maximum Gasteiger partial charge on any atom is 0.251 e. The molecule has 1 atom stereocenters. The molecule has 4 N–H and O–H groups in total. The highest BCUT2D eigenvalue weighted by Crippen LogP contribution is 2.35. The lowest BCUT2D eigenvalue weighted by Gasteiger charge is -2.36. The summed E-state index contributed by atoms with van der Waals surface area (Å²) in [6.07, 6.45) is 0.564. The third-order valence-corrected chi connectivity index (χ3v) is 5.10. The highest BCUT2D eigenvalue weighted by molar-refractivity contribution is 6.12. The minimum atomic E-state index is -0.551. The van der Waals surface area contributed by atoms with Crippen LogP contribution in [0.15, 0.2) is 42.5 Å². The molecule has 30 heavy (non-hydrogen) atoms. The van der Waals surface area contributed by atoms with Gasteiger partial charge in [0.1, 0.15) is 6.04 Å². The first-order valence-electron chi connectivity index (χ1n) is 10.1. The van der Waals surface area contributed by atoms with E-state index >= 15 is 0 Å². The fourth-order valence-corrected chi connectivity index (χ4v) is 3.69. The van der Waals surface area contributed by atoms with Gasteiger partial charge in [0, 0.05) is 25.6 Å². The van der Waals surface area contributed by atoms with Crippen molar-refractivity contribution in [3.63, 3.8) is 0 Å². The van der Waals surface area contributed by atoms with Crippen molar-refractivity contribution in [2.24, 2.45) is 11.7 Å². The maximum absolute atomic E-state index is 12.6. The van der Waals surface area contributed by atoms with E-state index in [1.807, 2.05) is 38.1 Å². The lowest BCUT2D eigenvalue weighted by atomic mass is 9.97. The molecule has 0 bridgehead atoms. The number of amides is 3. The van der Waals surface area contributed by atoms with E-state index in [-0.39, 0.29) is 23.6 Å². The molecule has 3 amide bonds. The molecule has 2 aromatic rings. The zero-order valence-electron chi connectivity index (χ0n) is 17.6. The van der Waals surface area contributed by atoms with Crippen LogP contribution in [0.25, 0.3) is 0 Å². The smallest absolute Gasteiger partial charge is 0.251 e. The molecule has 7 heteroatoms. The van der Waals surface area contributed by atoms with Crippen molar-refractivity contribution in [1.29, 1.82) is 0 Å². The first kappa shape index (κ1) is 21.5. The maximum atomic E-state index is 12.6. The van der Waals surface area contributed by atoms with Crippen LogP contribution in [0.3, 0.4) is 0 Å². The Morgan fingerprint density at radius 2 is 1.90 bits per heavy atom. The fourth-order valence-electron chi connectivity index (χ4n) is 3.69. The minimum Gasteiger partial charge on any atom is -0.348 e. The molecule has 0 radical (unpaired) electrons. The van der Waals surface area contributed by atoms with Gasteiger partial charge in [0.05, 0.1) is 11.4 Å². The standard InChI is InChI=1S/C23H28N4O3/c1-14(2)9-21-23(30)26-19-11-18(7-8-20(19)27(21)15(3)28)22(29)25-13-17-6-4-5-16(10-17)12-24/h4-8,10-11,14,21H,9,12-13,24H2,1-3H3,(H,25,29)(H,26,30). The molecule has 1 unspecified atom stereocenters. The van der Waals surface area contributed by atoms with Gasteiger partial charge in [0.25, 0.3) is 5.91 Å². The minimum absolute atomic E-state index is 0.200. The summed E-state index contributed by atoms with van der Waals surface area (Å²) >= 11 is 0. The number of hydrogen-bond donors (Lipinski definition) is 3. The van der Waals surface area contributed by atoms with Crippen LogP contribution in [0.1, 0.15) is 48.7 Å². The average Bonchev–Trinajstić information content (AvgIpc) is 2.71. The molecular weight excluding hydrogens is 380 g/mol. The molecule has 1 aliphatic heterocycles. The van der Waals surface area contributed by atoms with Crippen LogP contribution in [0.4, 0.5) is 11.4 Å². The largest absolute Gasteiger partial charge is 0.348 e. The Bertz CT molecular complexity index is 971. The third-order valence-electron chi connectivity index (χ3n) is 5.10. The van der Waals surface area contributed by atoms with Crippen LogP contribution >= 0.6 is 0 Å². The predicted molar refractivity (Wildman–Crippen MR) is 117 cm³/mol. The molecule has 0 saturated carbocycles. The van der Waals surface area contributed by atoms with Gasteiger partial charge < -0.3 is 16.4 Å². The van der Waals surface area contributed by atoms with Crippen molar-refractivity contribution in [1.82, 2.24) is 5.32 Å². The summed E-state index contributed by atoms with van der Waals surface area (Å²) in [6.45, 7) is 6.28. The zero-order valence-corrected chi connectivity index (χ0v) is 17.6. The van der Waals surface area contributed by atoms with Crippen molar-refractivity contribution in [2.45, 2.75) is 46.3 Å². The molecule has 0 saturated heterocycles. The Morgan fingerprint density at radius 3 is 2.57 bits per heavy atom. The highest BCUT2D eigenvalue weighted by Gasteiger charge is 2.36. The molecule has 1 aliphatic rings. The van der Waals surface area contributed by atoms with Crippen LogP contribution in [0.2, 0.25) is 0 Å². The molecule has 2 aromatic carbocycles. The van der Waals surface area contributed by atoms with Gasteiger partial charge in [-0.05, 0) is 41.7 Å². The van der Waals surface area contributed by atoms with E-state index in [1.165, 1.54) is 11.8 Å². The molecule has 0 aromatic heterocycles. The number of carbonyl (C=O) groups is 3. The Labute approximate surface area is 176 Å². The number of nitrogens with two attached hydrogens (primary N) is 1. The van der Waals surface area contributed by atoms with Crippen molar-refractivity contribution >= 4 is 29.1 Å². The Morgan fingerprint density at radius 1 is 1.17 bits per heavy atom. The molecule has 1 heterocycles. The van der Waals surface area contributed by atoms with E-state index in [9.17, 15) is 14.4 Å². The fraction of sp³-hybridized carbons (Fsp3) is 0.348. The lowest BCUT2D eigenvalue weighted by Crippen LogP contribution is -2.51. The van der Waals surface area contributed by atoms with Gasteiger partial charge in [0.2, 0.25) is 11.8 Å². The SMILES string of the molecule is CC(=O)N1c2ccc(C(=O)NCc3cccc(CN)c3)cc2NC(=O)C1CC(C)C. The molecule has 0 spiro atoms. The topological polar surface area (TPSA) is 105 Å². The van der Waals surface area contributed by atoms with E-state index in [4.69, 9.17) is 5.73 Å². The lowest BCUT2D eigenvalue weighted by molar-refractivity contribution is -0.123. The summed E-state index contributed by atoms with van der Waals surface area (Å²) in [6, 6.07) is 12.2. The predicted octanol–water partition coefficient (Wildman–Crippen LogP) is 2.80. The van der Waals surface area contributed by atoms with E-state index in [0.29, 0.717) is 36.4 Å². The first-order chi connectivity index (χ1) is 14.3. The van der Waals surface area contributed by atoms with E-state index in [0.717, 1.165) is 11.1 Å². The first-order valence-corrected chi connectivity index (χ1v) is 10.1. The molecule has 7 nitrogen and oxygen atoms in total. The number of rotatable bonds is 6. The highest BCUT2D eigenvalue weighted by atomic mass is 16.2. The second-order valence-corrected chi connectivity index (χ2v) is 7.96. The van der Waals surface area contributed by atoms with Gasteiger partial charge in [-0.25, -0.2) is 0 Å². The van der Waals surface area contributed by atoms with Crippen LogP contribution in [-0.4, -0.2) is 23.8 Å². The average molecular weight is 409 g/mol. The number of nitrogens with zero attached hydrogens (tertiary/aromatic N) is 1. The quantitative estimate of drug-likeness (QED) is 0.683. The van der Waals surface area contributed by atoms with Crippen LogP contribution in [-0.2, 0) is 22.7 Å². The van der Waals surface area contributed by atoms with Crippen LogP contribution in [0, 0.1) is 5.92 Å². The van der Waals surface area contributed by atoms with Gasteiger partial charge in [-0.2, -0.15) is 0 Å². The number of fused-ring (bicyclic) bond motifs is 1. The summed E-state index contributed by atoms with van der Waals surface area (Å²) in [5, 5.41) is 5.74. The van der Waals surface area contributed by atoms with Gasteiger partial charge in [-0.3, -0.25) is 19.3 Å². The summed E-state index contributed by atoms with van der Waals surface area (Å²) in [7, 11) is 0. The van der Waals surface area contributed by atoms with Gasteiger partial charge >= 0.3 is 0 Å². The van der Waals surface area contributed by atoms with Crippen molar-refractivity contribution < 1.29 is 14.4 Å². The van der Waals surface area contributed by atoms with E-state index in [1.54, 1.807) is 18.2 Å². The van der Waals surface area contributed by atoms with E-state index < -0.39 is 6.04 Å². The summed E-state index contributed by atoms with van der Waals surface area (Å²) in [4.78, 5) is 39.1. The number of anilines is 2. The van der Waals surface area contributed by atoms with Crippen molar-refractivity contribution in [2.75, 3.05) is 10.2 Å². The second-order valence-electron chi connectivity index (χ2n) is 7.96. The normalized spacial score (nSPS) is 15.6. The second kappa shape index (κ2) is 9.09. The molecule has 0 aliphatic carbocycles. The van der Waals surface area contributed by atoms with Crippen LogP contribution in [0.5, 0.6) is 0 Å². The number of benzene rings is 2.